The van der Waals surface area contributed by atoms with E-state index >= 15 is 0 Å². The first-order valence-corrected chi connectivity index (χ1v) is 11.4. The summed E-state index contributed by atoms with van der Waals surface area (Å²) in [6.07, 6.45) is 10.4. The molecule has 0 spiro atoms. The average molecular weight is 413 g/mol. The molecule has 2 aromatic rings. The van der Waals surface area contributed by atoms with Gasteiger partial charge in [0.1, 0.15) is 5.75 Å². The van der Waals surface area contributed by atoms with E-state index in [0.717, 1.165) is 49.2 Å². The van der Waals surface area contributed by atoms with Gasteiger partial charge in [-0.05, 0) is 61.8 Å². The highest BCUT2D eigenvalue weighted by atomic mass is 32.2. The summed E-state index contributed by atoms with van der Waals surface area (Å²) in [7, 11) is 0. The molecule has 2 rings (SSSR count). The minimum atomic E-state index is -0.185. The number of pyridine rings is 1. The molecule has 1 N–H and O–H groups in total. The molecule has 0 fully saturated rings. The fraction of sp³-hybridized carbons (Fsp3) is 0.417. The fourth-order valence-corrected chi connectivity index (χ4v) is 3.82. The molecule has 1 heterocycles. The van der Waals surface area contributed by atoms with Gasteiger partial charge in [-0.25, -0.2) is 0 Å². The lowest BCUT2D eigenvalue weighted by Crippen LogP contribution is -2.34. The van der Waals surface area contributed by atoms with Crippen LogP contribution < -0.4 is 10.1 Å². The smallest absolute Gasteiger partial charge is 0.211 e. The summed E-state index contributed by atoms with van der Waals surface area (Å²) in [5.41, 5.74) is 4.47. The molecule has 5 heteroatoms. The van der Waals surface area contributed by atoms with Crippen LogP contribution >= 0.6 is 11.8 Å². The van der Waals surface area contributed by atoms with Crippen molar-refractivity contribution < 1.29 is 9.53 Å². The lowest BCUT2D eigenvalue weighted by Gasteiger charge is -2.30. The molecule has 156 valence electrons. The van der Waals surface area contributed by atoms with Crippen molar-refractivity contribution in [3.63, 3.8) is 0 Å². The number of aryl methyl sites for hydroxylation is 1. The maximum absolute atomic E-state index is 11.0. The molecule has 1 atom stereocenters. The van der Waals surface area contributed by atoms with Crippen molar-refractivity contribution in [1.29, 1.82) is 0 Å². The molecule has 1 amide bonds. The number of benzene rings is 1. The van der Waals surface area contributed by atoms with Crippen LogP contribution in [0.15, 0.2) is 54.4 Å². The Hall–Kier alpha value is -2.27. The van der Waals surface area contributed by atoms with Crippen molar-refractivity contribution in [1.82, 2.24) is 10.3 Å². The van der Waals surface area contributed by atoms with E-state index in [2.05, 4.69) is 67.7 Å². The molecule has 1 aromatic heterocycles. The van der Waals surface area contributed by atoms with Crippen LogP contribution in [0, 0.1) is 0 Å². The summed E-state index contributed by atoms with van der Waals surface area (Å²) in [5, 5.41) is 2.89. The van der Waals surface area contributed by atoms with Crippen LogP contribution in [0.5, 0.6) is 5.75 Å². The monoisotopic (exact) mass is 412 g/mol. The predicted molar refractivity (Wildman–Crippen MR) is 122 cm³/mol. The summed E-state index contributed by atoms with van der Waals surface area (Å²) in [6.45, 7) is 6.97. The topological polar surface area (TPSA) is 51.2 Å². The molecule has 1 unspecified atom stereocenters. The van der Waals surface area contributed by atoms with Gasteiger partial charge in [0.15, 0.2) is 0 Å². The quantitative estimate of drug-likeness (QED) is 0.500. The first kappa shape index (κ1) is 23.0. The molecule has 1 aromatic carbocycles. The normalized spacial score (nSPS) is 13.6. The van der Waals surface area contributed by atoms with Gasteiger partial charge in [-0.1, -0.05) is 38.1 Å². The largest absolute Gasteiger partial charge is 0.493 e. The highest BCUT2D eigenvalue weighted by Crippen LogP contribution is 2.33. The standard InChI is InChI=1S/C24H32N2O2S/c1-5-7-23(26-18-27)24(3,29-4)16-20-9-12-22(13-10-20)28-15-14-21-11-8-19(6-2)17-25-21/h7-13,17-18H,5-6,14-16H2,1-4H3,(H,26,27)/b23-7+. The van der Waals surface area contributed by atoms with Gasteiger partial charge in [0.05, 0.1) is 11.4 Å². The second kappa shape index (κ2) is 11.7. The Labute approximate surface area is 179 Å². The maximum atomic E-state index is 11.0. The Morgan fingerprint density at radius 3 is 2.45 bits per heavy atom. The summed E-state index contributed by atoms with van der Waals surface area (Å²) in [6, 6.07) is 12.4. The summed E-state index contributed by atoms with van der Waals surface area (Å²) >= 11 is 1.75. The number of carbonyl (C=O) groups excluding carboxylic acids is 1. The van der Waals surface area contributed by atoms with E-state index in [-0.39, 0.29) is 4.75 Å². The van der Waals surface area contributed by atoms with Gasteiger partial charge < -0.3 is 10.1 Å². The van der Waals surface area contributed by atoms with E-state index in [1.54, 1.807) is 11.8 Å². The second-order valence-electron chi connectivity index (χ2n) is 7.15. The third kappa shape index (κ3) is 6.93. The molecular formula is C24H32N2O2S. The van der Waals surface area contributed by atoms with Crippen LogP contribution in [-0.2, 0) is 24.1 Å². The SMILES string of the molecule is CC/C=C(/NC=O)C(C)(Cc1ccc(OCCc2ccc(CC)cn2)cc1)SC. The highest BCUT2D eigenvalue weighted by Gasteiger charge is 2.28. The zero-order chi connectivity index (χ0) is 21.1. The van der Waals surface area contributed by atoms with Gasteiger partial charge >= 0.3 is 0 Å². The van der Waals surface area contributed by atoms with Gasteiger partial charge in [0.2, 0.25) is 6.41 Å². The van der Waals surface area contributed by atoms with Crippen molar-refractivity contribution in [3.05, 3.63) is 71.2 Å². The molecule has 4 nitrogen and oxygen atoms in total. The zero-order valence-corrected chi connectivity index (χ0v) is 18.7. The number of hydrogen-bond donors (Lipinski definition) is 1. The van der Waals surface area contributed by atoms with E-state index in [9.17, 15) is 4.79 Å². The van der Waals surface area contributed by atoms with Crippen molar-refractivity contribution >= 4 is 18.2 Å². The molecule has 0 aliphatic rings. The van der Waals surface area contributed by atoms with Gasteiger partial charge in [-0.3, -0.25) is 9.78 Å². The van der Waals surface area contributed by atoms with Crippen LogP contribution in [0.25, 0.3) is 0 Å². The van der Waals surface area contributed by atoms with Gasteiger partial charge in [0, 0.05) is 24.0 Å². The second-order valence-corrected chi connectivity index (χ2v) is 8.46. The lowest BCUT2D eigenvalue weighted by molar-refractivity contribution is -0.109. The molecular weight excluding hydrogens is 380 g/mol. The number of ether oxygens (including phenoxy) is 1. The minimum absolute atomic E-state index is 0.185. The third-order valence-corrected chi connectivity index (χ3v) is 6.29. The van der Waals surface area contributed by atoms with E-state index in [0.29, 0.717) is 6.61 Å². The molecule has 0 saturated carbocycles. The predicted octanol–water partition coefficient (Wildman–Crippen LogP) is 4.97. The molecule has 0 aliphatic carbocycles. The third-order valence-electron chi connectivity index (χ3n) is 5.03. The molecule has 0 saturated heterocycles. The Morgan fingerprint density at radius 2 is 1.90 bits per heavy atom. The number of aromatic nitrogens is 1. The first-order valence-electron chi connectivity index (χ1n) is 10.2. The minimum Gasteiger partial charge on any atom is -0.493 e. The first-order chi connectivity index (χ1) is 14.0. The Kier molecular flexibility index (Phi) is 9.26. The number of rotatable bonds is 12. The molecule has 0 aliphatic heterocycles. The van der Waals surface area contributed by atoms with E-state index in [4.69, 9.17) is 4.74 Å². The number of amides is 1. The summed E-state index contributed by atoms with van der Waals surface area (Å²) in [5.74, 6) is 0.861. The zero-order valence-electron chi connectivity index (χ0n) is 17.9. The lowest BCUT2D eigenvalue weighted by atomic mass is 9.96. The number of hydrogen-bond acceptors (Lipinski definition) is 4. The maximum Gasteiger partial charge on any atom is 0.211 e. The Balaban J connectivity index is 1.94. The number of thioether (sulfide) groups is 1. The Bertz CT molecular complexity index is 788. The van der Waals surface area contributed by atoms with Gasteiger partial charge in [-0.2, -0.15) is 11.8 Å². The average Bonchev–Trinajstić information content (AvgIpc) is 2.75. The highest BCUT2D eigenvalue weighted by molar-refractivity contribution is 8.00. The number of nitrogens with one attached hydrogen (secondary N) is 1. The molecule has 0 radical (unpaired) electrons. The van der Waals surface area contributed by atoms with E-state index < -0.39 is 0 Å². The van der Waals surface area contributed by atoms with Crippen molar-refractivity contribution in [2.45, 2.75) is 51.2 Å². The van der Waals surface area contributed by atoms with Crippen LogP contribution in [0.3, 0.4) is 0 Å². The van der Waals surface area contributed by atoms with Crippen molar-refractivity contribution in [3.8, 4) is 5.75 Å². The summed E-state index contributed by atoms with van der Waals surface area (Å²) in [4.78, 5) is 15.5. The van der Waals surface area contributed by atoms with Crippen LogP contribution in [0.4, 0.5) is 0 Å². The van der Waals surface area contributed by atoms with Crippen LogP contribution in [-0.4, -0.2) is 29.0 Å². The van der Waals surface area contributed by atoms with E-state index in [1.165, 1.54) is 11.1 Å². The van der Waals surface area contributed by atoms with E-state index in [1.807, 2.05) is 18.3 Å². The number of carbonyl (C=O) groups is 1. The Morgan fingerprint density at radius 1 is 1.17 bits per heavy atom. The van der Waals surface area contributed by atoms with Crippen LogP contribution in [0.2, 0.25) is 0 Å². The van der Waals surface area contributed by atoms with Crippen molar-refractivity contribution in [2.75, 3.05) is 12.9 Å². The molecule has 0 bridgehead atoms. The number of nitrogens with zero attached hydrogens (tertiary/aromatic N) is 1. The number of allylic oxidation sites excluding steroid dienone is 1. The molecule has 29 heavy (non-hydrogen) atoms. The van der Waals surface area contributed by atoms with Crippen molar-refractivity contribution in [2.24, 2.45) is 0 Å². The summed E-state index contributed by atoms with van der Waals surface area (Å²) < 4.78 is 5.70. The van der Waals surface area contributed by atoms with Crippen LogP contribution in [0.1, 0.15) is 44.0 Å². The van der Waals surface area contributed by atoms with Gasteiger partial charge in [-0.15, -0.1) is 0 Å². The fourth-order valence-electron chi connectivity index (χ4n) is 3.15. The van der Waals surface area contributed by atoms with Gasteiger partial charge in [0.25, 0.3) is 0 Å².